The van der Waals surface area contributed by atoms with Crippen LogP contribution < -0.4 is 35.6 Å². The Balaban J connectivity index is 0.670. The molecule has 0 spiro atoms. The van der Waals surface area contributed by atoms with Gasteiger partial charge in [-0.1, -0.05) is 49.2 Å². The fourth-order valence-corrected chi connectivity index (χ4v) is 13.6. The van der Waals surface area contributed by atoms with Crippen molar-refractivity contribution < 1.29 is 42.1 Å². The Morgan fingerprint density at radius 2 is 1.64 bits per heavy atom. The zero-order valence-corrected chi connectivity index (χ0v) is 49.7. The minimum Gasteiger partial charge on any atom is -0.455 e. The van der Waals surface area contributed by atoms with Gasteiger partial charge >= 0.3 is 0 Å². The number of amides is 5. The summed E-state index contributed by atoms with van der Waals surface area (Å²) >= 11 is 6.27. The molecular formula is C63H70ClN11O10S. The summed E-state index contributed by atoms with van der Waals surface area (Å²) in [5, 5.41) is 26.3. The van der Waals surface area contributed by atoms with E-state index >= 15 is 0 Å². The fraction of sp³-hybridized carbons (Fsp3) is 0.397. The van der Waals surface area contributed by atoms with E-state index in [1.54, 1.807) is 42.6 Å². The molecule has 11 rings (SSSR count). The van der Waals surface area contributed by atoms with Gasteiger partial charge in [-0.2, -0.15) is 0 Å². The third-order valence-corrected chi connectivity index (χ3v) is 18.9. The highest BCUT2D eigenvalue weighted by Crippen LogP contribution is 2.44. The maximum absolute atomic E-state index is 14.2. The molecule has 1 atom stereocenters. The summed E-state index contributed by atoms with van der Waals surface area (Å²) in [6, 6.07) is 24.6. The number of benzene rings is 4. The van der Waals surface area contributed by atoms with E-state index in [4.69, 9.17) is 16.3 Å². The van der Waals surface area contributed by atoms with Gasteiger partial charge in [-0.15, -0.1) is 0 Å². The van der Waals surface area contributed by atoms with Crippen LogP contribution in [0.15, 0.2) is 114 Å². The number of nitro benzene ring substituents is 1. The third kappa shape index (κ3) is 13.4. The van der Waals surface area contributed by atoms with E-state index in [0.29, 0.717) is 54.3 Å². The number of aromatic amines is 1. The number of hydrogen-bond acceptors (Lipinski definition) is 16. The lowest BCUT2D eigenvalue weighted by molar-refractivity contribution is -0.384. The molecule has 5 amide bonds. The number of H-pyrrole nitrogens is 1. The zero-order chi connectivity index (χ0) is 60.3. The van der Waals surface area contributed by atoms with E-state index in [0.717, 1.165) is 106 Å². The van der Waals surface area contributed by atoms with Gasteiger partial charge in [0, 0.05) is 98.4 Å². The summed E-state index contributed by atoms with van der Waals surface area (Å²) in [6.45, 7) is 10.3. The highest BCUT2D eigenvalue weighted by atomic mass is 35.5. The predicted molar refractivity (Wildman–Crippen MR) is 328 cm³/mol. The van der Waals surface area contributed by atoms with Crippen molar-refractivity contribution in [3.05, 3.63) is 146 Å². The first-order valence-corrected chi connectivity index (χ1v) is 31.3. The number of carbonyl (C=O) groups is 5. The van der Waals surface area contributed by atoms with Gasteiger partial charge in [-0.05, 0) is 154 Å². The molecule has 1 unspecified atom stereocenters. The number of piperazine rings is 1. The number of ether oxygens (including phenoxy) is 1. The summed E-state index contributed by atoms with van der Waals surface area (Å²) in [7, 11) is -4.64. The van der Waals surface area contributed by atoms with Gasteiger partial charge in [-0.25, -0.2) is 18.1 Å². The van der Waals surface area contributed by atoms with Gasteiger partial charge in [0.2, 0.25) is 11.8 Å². The van der Waals surface area contributed by atoms with E-state index in [2.05, 4.69) is 71.7 Å². The van der Waals surface area contributed by atoms with E-state index in [1.807, 2.05) is 18.2 Å². The number of imide groups is 2. The molecule has 3 aliphatic heterocycles. The van der Waals surface area contributed by atoms with Gasteiger partial charge in [-0.3, -0.25) is 49.2 Å². The number of halogens is 1. The third-order valence-electron chi connectivity index (χ3n) is 17.3. The molecule has 23 heteroatoms. The Labute approximate surface area is 503 Å². The average molecular weight is 1210 g/mol. The molecule has 21 nitrogen and oxygen atoms in total. The van der Waals surface area contributed by atoms with Gasteiger partial charge in [0.05, 0.1) is 32.7 Å². The Morgan fingerprint density at radius 1 is 0.860 bits per heavy atom. The van der Waals surface area contributed by atoms with Crippen molar-refractivity contribution in [3.8, 4) is 11.5 Å². The lowest BCUT2D eigenvalue weighted by atomic mass is 9.72. The number of nitrogens with zero attached hydrogens (tertiary/aromatic N) is 5. The van der Waals surface area contributed by atoms with Crippen LogP contribution in [0.3, 0.4) is 0 Å². The quantitative estimate of drug-likeness (QED) is 0.0169. The van der Waals surface area contributed by atoms with Crippen molar-refractivity contribution in [1.82, 2.24) is 35.1 Å². The van der Waals surface area contributed by atoms with Crippen molar-refractivity contribution in [3.63, 3.8) is 0 Å². The number of piperidine rings is 1. The number of anilines is 3. The first-order valence-electron chi connectivity index (χ1n) is 29.5. The second-order valence-electron chi connectivity index (χ2n) is 23.8. The molecule has 2 aromatic heterocycles. The maximum atomic E-state index is 14.2. The first-order chi connectivity index (χ1) is 41.4. The van der Waals surface area contributed by atoms with Crippen molar-refractivity contribution in [2.45, 2.75) is 101 Å². The second-order valence-corrected chi connectivity index (χ2v) is 25.9. The number of carbonyl (C=O) groups excluding carboxylic acids is 5. The van der Waals surface area contributed by atoms with Crippen LogP contribution in [0.4, 0.5) is 22.7 Å². The molecule has 4 aromatic carbocycles. The van der Waals surface area contributed by atoms with Gasteiger partial charge in [0.15, 0.2) is 0 Å². The van der Waals surface area contributed by atoms with Crippen LogP contribution in [0.1, 0.15) is 121 Å². The summed E-state index contributed by atoms with van der Waals surface area (Å²) in [5.41, 5.74) is 6.32. The minimum atomic E-state index is -4.64. The molecule has 0 bridgehead atoms. The van der Waals surface area contributed by atoms with Gasteiger partial charge in [0.25, 0.3) is 33.4 Å². The van der Waals surface area contributed by atoms with Crippen molar-refractivity contribution >= 4 is 90.5 Å². The largest absolute Gasteiger partial charge is 0.455 e. The summed E-state index contributed by atoms with van der Waals surface area (Å²) in [4.78, 5) is 89.5. The normalized spacial score (nSPS) is 20.0. The zero-order valence-electron chi connectivity index (χ0n) is 48.1. The maximum Gasteiger partial charge on any atom is 0.293 e. The Hall–Kier alpha value is -8.18. The van der Waals surface area contributed by atoms with E-state index in [9.17, 15) is 42.5 Å². The van der Waals surface area contributed by atoms with E-state index in [-0.39, 0.29) is 52.3 Å². The topological polar surface area (TPSA) is 270 Å². The van der Waals surface area contributed by atoms with Crippen molar-refractivity contribution in [2.24, 2.45) is 11.3 Å². The van der Waals surface area contributed by atoms with Crippen LogP contribution in [0, 0.1) is 21.4 Å². The molecule has 5 heterocycles. The number of fused-ring (bicyclic) bond motifs is 2. The Bertz CT molecular complexity index is 3760. The van der Waals surface area contributed by atoms with Crippen LogP contribution in [0.5, 0.6) is 11.5 Å². The number of rotatable bonds is 21. The first kappa shape index (κ1) is 59.5. The molecule has 2 aliphatic carbocycles. The molecule has 450 valence electrons. The standard InChI is InChI=1S/C63H70ClN11O10S/c1-63(2)24-22-42(50(35-63)40-10-12-43(64)13-11-40)38-72-28-30-73(31-29-72)45-16-18-48(55(33-45)85-46-32-41-23-27-67-58(41)69-37-46)59(77)71-86(83,84)47-17-19-51(54(34-47)75(81)82)68-36-39-8-14-44(15-9-39)65-25-3-4-26-66-52-7-5-6-49-57(52)62(80)74(61(49)79)53-20-21-56(76)70-60(53)78/h5-7,10-13,16-19,23,27,32-34,37,39,44,53,65-66,68H,3-4,8-9,14-15,20-22,24-26,28-31,35-36,38H2,1-2H3,(H,67,69)(H,71,77)(H,70,76,78)/t39-,44-,53?. The van der Waals surface area contributed by atoms with Crippen LogP contribution in [0.2, 0.25) is 5.02 Å². The highest BCUT2D eigenvalue weighted by molar-refractivity contribution is 7.90. The molecule has 86 heavy (non-hydrogen) atoms. The van der Waals surface area contributed by atoms with Gasteiger partial charge < -0.3 is 30.6 Å². The van der Waals surface area contributed by atoms with E-state index in [1.165, 1.54) is 41.1 Å². The monoisotopic (exact) mass is 1210 g/mol. The molecule has 6 N–H and O–H groups in total. The van der Waals surface area contributed by atoms with Crippen LogP contribution in [0.25, 0.3) is 16.6 Å². The lowest BCUT2D eigenvalue weighted by Crippen LogP contribution is -2.54. The number of unbranched alkanes of at least 4 members (excludes halogenated alkanes) is 1. The summed E-state index contributed by atoms with van der Waals surface area (Å²) in [6.07, 6.45) is 11.7. The average Bonchev–Trinajstić information content (AvgIpc) is 2.05. The summed E-state index contributed by atoms with van der Waals surface area (Å²) < 4.78 is 36.5. The SMILES string of the molecule is CC1(C)CCC(CN2CCN(c3ccc(C(=O)NS(=O)(=O)c4ccc(NC[C@H]5CC[C@H](NCCCCNc6cccc7c6C(=O)N(C6CCC(=O)NC6=O)C7=O)CC5)c([N+](=O)[O-])c4)c(Oc4cnc5[nH]ccc5c4)c3)CC2)=C(c2ccc(Cl)cc2)C1. The molecule has 1 saturated carbocycles. The summed E-state index contributed by atoms with van der Waals surface area (Å²) in [5.74, 6) is -2.52. The molecule has 5 aliphatic rings. The predicted octanol–water partition coefficient (Wildman–Crippen LogP) is 9.68. The highest BCUT2D eigenvalue weighted by Gasteiger charge is 2.46. The molecular weight excluding hydrogens is 1140 g/mol. The molecule has 6 aromatic rings. The molecule has 2 saturated heterocycles. The number of pyridine rings is 1. The number of allylic oxidation sites excluding steroid dienone is 1. The lowest BCUT2D eigenvalue weighted by Gasteiger charge is -2.39. The smallest absolute Gasteiger partial charge is 0.293 e. The van der Waals surface area contributed by atoms with Crippen LogP contribution in [-0.2, 0) is 19.6 Å². The molecule has 3 fully saturated rings. The minimum absolute atomic E-state index is 0.0463. The fourth-order valence-electron chi connectivity index (χ4n) is 12.5. The number of aromatic nitrogens is 2. The van der Waals surface area contributed by atoms with E-state index < -0.39 is 61.1 Å². The number of nitrogens with one attached hydrogen (secondary N) is 6. The van der Waals surface area contributed by atoms with Crippen LogP contribution >= 0.6 is 11.6 Å². The van der Waals surface area contributed by atoms with Crippen molar-refractivity contribution in [2.75, 3.05) is 67.9 Å². The molecule has 0 radical (unpaired) electrons. The van der Waals surface area contributed by atoms with Gasteiger partial charge in [0.1, 0.15) is 28.9 Å². The number of sulfonamides is 1. The number of nitro groups is 1. The second kappa shape index (κ2) is 25.4. The van der Waals surface area contributed by atoms with Crippen LogP contribution in [-0.4, -0.2) is 127 Å². The Morgan fingerprint density at radius 3 is 2.41 bits per heavy atom. The van der Waals surface area contributed by atoms with Crippen molar-refractivity contribution in [1.29, 1.82) is 0 Å². The number of hydrogen-bond donors (Lipinski definition) is 6. The Kier molecular flexibility index (Phi) is 17.6.